The Kier molecular flexibility index (Phi) is 5.90. The highest BCUT2D eigenvalue weighted by molar-refractivity contribution is 14.1. The van der Waals surface area contributed by atoms with Crippen molar-refractivity contribution in [2.24, 2.45) is 0 Å². The molecule has 2 rings (SSSR count). The third-order valence-electron chi connectivity index (χ3n) is 2.93. The molecule has 0 saturated heterocycles. The quantitative estimate of drug-likeness (QED) is 0.502. The summed E-state index contributed by atoms with van der Waals surface area (Å²) in [6.07, 6.45) is 0. The van der Waals surface area contributed by atoms with Crippen molar-refractivity contribution in [2.45, 2.75) is 19.9 Å². The monoisotopic (exact) mass is 513 g/mol. The molecule has 19 heavy (non-hydrogen) atoms. The van der Waals surface area contributed by atoms with Gasteiger partial charge in [-0.2, -0.15) is 0 Å². The molecule has 0 radical (unpaired) electrons. The average Bonchev–Trinajstić information content (AvgIpc) is 2.69. The lowest BCUT2D eigenvalue weighted by Crippen LogP contribution is -2.23. The minimum atomic E-state index is 0.230. The summed E-state index contributed by atoms with van der Waals surface area (Å²) in [5.74, 6) is 0. The molecule has 1 aromatic heterocycles. The van der Waals surface area contributed by atoms with Crippen LogP contribution in [0.15, 0.2) is 31.8 Å². The van der Waals surface area contributed by atoms with Crippen molar-refractivity contribution in [3.8, 4) is 0 Å². The molecule has 1 heterocycles. The van der Waals surface area contributed by atoms with Crippen molar-refractivity contribution in [1.82, 2.24) is 5.32 Å². The molecule has 102 valence electrons. The smallest absolute Gasteiger partial charge is 0.0761 e. The van der Waals surface area contributed by atoms with Crippen LogP contribution in [0.3, 0.4) is 0 Å². The van der Waals surface area contributed by atoms with Gasteiger partial charge in [0, 0.05) is 3.57 Å². The summed E-state index contributed by atoms with van der Waals surface area (Å²) in [6.45, 7) is 5.24. The first-order valence-corrected chi connectivity index (χ1v) is 9.45. The van der Waals surface area contributed by atoms with Gasteiger partial charge in [-0.3, -0.25) is 0 Å². The van der Waals surface area contributed by atoms with Crippen LogP contribution in [0.2, 0.25) is 0 Å². The Bertz CT molecular complexity index is 583. The molecule has 1 aromatic carbocycles. The summed E-state index contributed by atoms with van der Waals surface area (Å²) in [6, 6.07) is 8.92. The van der Waals surface area contributed by atoms with Crippen LogP contribution in [-0.4, -0.2) is 6.54 Å². The fourth-order valence-corrected chi connectivity index (χ4v) is 5.61. The van der Waals surface area contributed by atoms with Crippen molar-refractivity contribution in [1.29, 1.82) is 0 Å². The molecule has 5 heteroatoms. The lowest BCUT2D eigenvalue weighted by molar-refractivity contribution is 0.627. The molecule has 0 fully saturated rings. The summed E-state index contributed by atoms with van der Waals surface area (Å²) in [7, 11) is 0. The Balaban J connectivity index is 2.51. The van der Waals surface area contributed by atoms with E-state index in [2.05, 4.69) is 97.9 Å². The number of rotatable bonds is 4. The van der Waals surface area contributed by atoms with Gasteiger partial charge >= 0.3 is 0 Å². The van der Waals surface area contributed by atoms with Crippen molar-refractivity contribution in [3.05, 3.63) is 52.1 Å². The van der Waals surface area contributed by atoms with Gasteiger partial charge in [-0.25, -0.2) is 0 Å². The number of halogens is 3. The highest BCUT2D eigenvalue weighted by atomic mass is 127. The molecule has 1 atom stereocenters. The molecule has 0 bridgehead atoms. The molecule has 0 aliphatic carbocycles. The van der Waals surface area contributed by atoms with Crippen LogP contribution < -0.4 is 5.32 Å². The first kappa shape index (κ1) is 15.9. The van der Waals surface area contributed by atoms with E-state index in [0.29, 0.717) is 0 Å². The van der Waals surface area contributed by atoms with Crippen LogP contribution >= 0.6 is 65.8 Å². The average molecular weight is 515 g/mol. The summed E-state index contributed by atoms with van der Waals surface area (Å²) in [4.78, 5) is 0. The van der Waals surface area contributed by atoms with Gasteiger partial charge in [0.05, 0.1) is 13.6 Å². The predicted octanol–water partition coefficient (Wildman–Crippen LogP) is 5.89. The molecular weight excluding hydrogens is 501 g/mol. The normalized spacial score (nSPS) is 12.7. The van der Waals surface area contributed by atoms with E-state index in [9.17, 15) is 0 Å². The van der Waals surface area contributed by atoms with E-state index in [0.717, 1.165) is 10.3 Å². The standard InChI is InChI=1S/C14H14Br2INS/c1-3-18-13(10-7-11(15)19-14(10)16)9-6-4-5-8(2)12(9)17/h4-7,13,18H,3H2,1-2H3. The van der Waals surface area contributed by atoms with Crippen LogP contribution in [0.5, 0.6) is 0 Å². The van der Waals surface area contributed by atoms with Gasteiger partial charge in [-0.05, 0) is 90.7 Å². The van der Waals surface area contributed by atoms with Gasteiger partial charge in [-0.1, -0.05) is 25.1 Å². The third kappa shape index (κ3) is 3.61. The number of benzene rings is 1. The maximum Gasteiger partial charge on any atom is 0.0761 e. The summed E-state index contributed by atoms with van der Waals surface area (Å²) < 4.78 is 3.67. The maximum absolute atomic E-state index is 3.67. The molecule has 0 spiro atoms. The molecule has 0 amide bonds. The van der Waals surface area contributed by atoms with E-state index in [-0.39, 0.29) is 6.04 Å². The van der Waals surface area contributed by atoms with Crippen molar-refractivity contribution in [3.63, 3.8) is 0 Å². The Morgan fingerprint density at radius 2 is 2.05 bits per heavy atom. The number of hydrogen-bond acceptors (Lipinski definition) is 2. The van der Waals surface area contributed by atoms with Crippen molar-refractivity contribution in [2.75, 3.05) is 6.54 Å². The van der Waals surface area contributed by atoms with E-state index in [1.807, 2.05) is 0 Å². The van der Waals surface area contributed by atoms with E-state index in [1.54, 1.807) is 11.3 Å². The Labute approximate surface area is 148 Å². The Morgan fingerprint density at radius 1 is 1.32 bits per heavy atom. The molecule has 1 N–H and O–H groups in total. The van der Waals surface area contributed by atoms with Crippen molar-refractivity contribution >= 4 is 65.8 Å². The van der Waals surface area contributed by atoms with Crippen LogP contribution in [0.1, 0.15) is 29.7 Å². The number of aryl methyl sites for hydroxylation is 1. The summed E-state index contributed by atoms with van der Waals surface area (Å²) in [5, 5.41) is 3.59. The van der Waals surface area contributed by atoms with Gasteiger partial charge in [0.1, 0.15) is 0 Å². The molecule has 2 aromatic rings. The zero-order valence-electron chi connectivity index (χ0n) is 10.6. The van der Waals surface area contributed by atoms with E-state index >= 15 is 0 Å². The second kappa shape index (κ2) is 7.02. The van der Waals surface area contributed by atoms with Gasteiger partial charge in [0.2, 0.25) is 0 Å². The number of hydrogen-bond donors (Lipinski definition) is 1. The zero-order chi connectivity index (χ0) is 14.0. The molecule has 1 nitrogen and oxygen atoms in total. The van der Waals surface area contributed by atoms with Crippen LogP contribution in [-0.2, 0) is 0 Å². The molecular formula is C14H14Br2INS. The predicted molar refractivity (Wildman–Crippen MR) is 99.1 cm³/mol. The lowest BCUT2D eigenvalue weighted by Gasteiger charge is -2.20. The molecule has 0 aliphatic rings. The molecule has 1 unspecified atom stereocenters. The number of nitrogens with one attached hydrogen (secondary N) is 1. The lowest BCUT2D eigenvalue weighted by atomic mass is 9.99. The molecule has 0 aliphatic heterocycles. The minimum Gasteiger partial charge on any atom is -0.306 e. The van der Waals surface area contributed by atoms with Crippen molar-refractivity contribution < 1.29 is 0 Å². The SMILES string of the molecule is CCNC(c1cc(Br)sc1Br)c1cccc(C)c1I. The highest BCUT2D eigenvalue weighted by Gasteiger charge is 2.20. The Hall–Kier alpha value is 0.570. The highest BCUT2D eigenvalue weighted by Crippen LogP contribution is 2.39. The summed E-state index contributed by atoms with van der Waals surface area (Å²) in [5.41, 5.74) is 3.96. The second-order valence-electron chi connectivity index (χ2n) is 4.25. The van der Waals surface area contributed by atoms with Crippen LogP contribution in [0.4, 0.5) is 0 Å². The topological polar surface area (TPSA) is 12.0 Å². The fourth-order valence-electron chi connectivity index (χ4n) is 2.03. The summed E-state index contributed by atoms with van der Waals surface area (Å²) >= 11 is 11.4. The van der Waals surface area contributed by atoms with E-state index in [1.165, 1.54) is 24.0 Å². The largest absolute Gasteiger partial charge is 0.306 e. The maximum atomic E-state index is 3.67. The van der Waals surface area contributed by atoms with Gasteiger partial charge < -0.3 is 5.32 Å². The second-order valence-corrected chi connectivity index (χ2v) is 9.08. The van der Waals surface area contributed by atoms with Gasteiger partial charge in [-0.15, -0.1) is 11.3 Å². The van der Waals surface area contributed by atoms with Crippen LogP contribution in [0.25, 0.3) is 0 Å². The number of thiophene rings is 1. The van der Waals surface area contributed by atoms with Gasteiger partial charge in [0.15, 0.2) is 0 Å². The molecule has 0 saturated carbocycles. The fraction of sp³-hybridized carbons (Fsp3) is 0.286. The van der Waals surface area contributed by atoms with Crippen LogP contribution in [0, 0.1) is 10.5 Å². The minimum absolute atomic E-state index is 0.230. The third-order valence-corrected chi connectivity index (χ3v) is 6.79. The van der Waals surface area contributed by atoms with Gasteiger partial charge in [0.25, 0.3) is 0 Å². The first-order valence-electron chi connectivity index (χ1n) is 5.97. The first-order chi connectivity index (χ1) is 9.04. The Morgan fingerprint density at radius 3 is 2.63 bits per heavy atom. The van der Waals surface area contributed by atoms with E-state index in [4.69, 9.17) is 0 Å². The zero-order valence-corrected chi connectivity index (χ0v) is 16.8. The van der Waals surface area contributed by atoms with E-state index < -0.39 is 0 Å².